The van der Waals surface area contributed by atoms with Gasteiger partial charge in [-0.25, -0.2) is 8.42 Å². The normalized spacial score (nSPS) is 12.1. The molecule has 0 aromatic heterocycles. The Morgan fingerprint density at radius 3 is 2.21 bits per heavy atom. The fourth-order valence-electron chi connectivity index (χ4n) is 4.05. The summed E-state index contributed by atoms with van der Waals surface area (Å²) in [7, 11) is -2.63. The van der Waals surface area contributed by atoms with E-state index in [4.69, 9.17) is 23.2 Å². The minimum Gasteiger partial charge on any atom is -0.357 e. The van der Waals surface area contributed by atoms with Crippen molar-refractivity contribution < 1.29 is 18.0 Å². The van der Waals surface area contributed by atoms with Gasteiger partial charge in [-0.2, -0.15) is 0 Å². The summed E-state index contributed by atoms with van der Waals surface area (Å²) in [6, 6.07) is 17.2. The number of carbonyl (C=O) groups is 2. The van der Waals surface area contributed by atoms with Crippen molar-refractivity contribution in [1.82, 2.24) is 10.2 Å². The van der Waals surface area contributed by atoms with E-state index in [0.717, 1.165) is 15.4 Å². The lowest BCUT2D eigenvalue weighted by molar-refractivity contribution is -0.140. The zero-order valence-corrected chi connectivity index (χ0v) is 24.1. The second-order valence-electron chi connectivity index (χ2n) is 8.89. The summed E-state index contributed by atoms with van der Waals surface area (Å²) in [6.07, 6.45) is 0.311. The van der Waals surface area contributed by atoms with Crippen molar-refractivity contribution in [2.45, 2.75) is 44.7 Å². The van der Waals surface area contributed by atoms with Crippen LogP contribution < -0.4 is 9.62 Å². The van der Waals surface area contributed by atoms with E-state index in [1.54, 1.807) is 55.5 Å². The SMILES string of the molecule is CC[C@H](C(=O)NC)N(Cc1ccc(Cl)cc1Cl)C(=O)CN(c1ccc(C)c(C)c1)S(=O)(=O)c1ccccc1. The number of nitrogens with zero attached hydrogens (tertiary/aromatic N) is 2. The molecule has 0 saturated heterocycles. The van der Waals surface area contributed by atoms with Crippen molar-refractivity contribution in [1.29, 1.82) is 0 Å². The molecule has 2 amide bonds. The Kier molecular flexibility index (Phi) is 9.82. The number of sulfonamides is 1. The van der Waals surface area contributed by atoms with Gasteiger partial charge in [-0.1, -0.05) is 60.5 Å². The molecule has 3 rings (SSSR count). The monoisotopic (exact) mass is 575 g/mol. The van der Waals surface area contributed by atoms with E-state index in [1.165, 1.54) is 24.1 Å². The van der Waals surface area contributed by atoms with E-state index in [0.29, 0.717) is 27.7 Å². The maximum Gasteiger partial charge on any atom is 0.264 e. The fourth-order valence-corrected chi connectivity index (χ4v) is 5.94. The maximum atomic E-state index is 13.9. The summed E-state index contributed by atoms with van der Waals surface area (Å²) >= 11 is 12.4. The molecule has 0 aliphatic rings. The van der Waals surface area contributed by atoms with Gasteiger partial charge in [0.1, 0.15) is 12.6 Å². The van der Waals surface area contributed by atoms with Crippen LogP contribution in [0.4, 0.5) is 5.69 Å². The number of halogens is 2. The highest BCUT2D eigenvalue weighted by atomic mass is 35.5. The van der Waals surface area contributed by atoms with E-state index >= 15 is 0 Å². The summed E-state index contributed by atoms with van der Waals surface area (Å²) < 4.78 is 28.7. The molecule has 0 aliphatic carbocycles. The number of nitrogens with one attached hydrogen (secondary N) is 1. The van der Waals surface area contributed by atoms with Gasteiger partial charge >= 0.3 is 0 Å². The number of hydrogen-bond donors (Lipinski definition) is 1. The second-order valence-corrected chi connectivity index (χ2v) is 11.6. The average Bonchev–Trinajstić information content (AvgIpc) is 2.90. The third kappa shape index (κ3) is 6.67. The highest BCUT2D eigenvalue weighted by Gasteiger charge is 2.33. The van der Waals surface area contributed by atoms with Crippen molar-refractivity contribution in [3.05, 3.63) is 93.5 Å². The van der Waals surface area contributed by atoms with Gasteiger partial charge < -0.3 is 10.2 Å². The molecule has 3 aromatic rings. The predicted octanol–water partition coefficient (Wildman–Crippen LogP) is 5.36. The lowest BCUT2D eigenvalue weighted by atomic mass is 10.1. The van der Waals surface area contributed by atoms with Crippen LogP contribution in [-0.4, -0.2) is 44.8 Å². The predicted molar refractivity (Wildman–Crippen MR) is 152 cm³/mol. The van der Waals surface area contributed by atoms with Crippen LogP contribution in [0.5, 0.6) is 0 Å². The van der Waals surface area contributed by atoms with Gasteiger partial charge in [0.25, 0.3) is 10.0 Å². The molecule has 0 heterocycles. The molecule has 0 saturated carbocycles. The number of anilines is 1. The molecule has 0 radical (unpaired) electrons. The van der Waals surface area contributed by atoms with Crippen LogP contribution in [0.3, 0.4) is 0 Å². The van der Waals surface area contributed by atoms with Gasteiger partial charge in [-0.05, 0) is 73.4 Å². The van der Waals surface area contributed by atoms with Gasteiger partial charge in [-0.3, -0.25) is 13.9 Å². The number of aryl methyl sites for hydroxylation is 2. The quantitative estimate of drug-likeness (QED) is 0.352. The number of rotatable bonds is 10. The molecule has 1 N–H and O–H groups in total. The molecule has 0 fully saturated rings. The molecule has 3 aromatic carbocycles. The maximum absolute atomic E-state index is 13.9. The Hall–Kier alpha value is -3.07. The first-order chi connectivity index (χ1) is 18.0. The summed E-state index contributed by atoms with van der Waals surface area (Å²) in [4.78, 5) is 28.1. The zero-order chi connectivity index (χ0) is 28.0. The average molecular weight is 577 g/mol. The van der Waals surface area contributed by atoms with Crippen molar-refractivity contribution >= 4 is 50.7 Å². The molecule has 10 heteroatoms. The van der Waals surface area contributed by atoms with Gasteiger partial charge in [0.05, 0.1) is 10.6 Å². The molecule has 38 heavy (non-hydrogen) atoms. The minimum atomic E-state index is -4.12. The van der Waals surface area contributed by atoms with Gasteiger partial charge in [0.15, 0.2) is 0 Å². The lowest BCUT2D eigenvalue weighted by Crippen LogP contribution is -2.51. The number of likely N-dealkylation sites (N-methyl/N-ethyl adjacent to an activating group) is 1. The second kappa shape index (κ2) is 12.7. The van der Waals surface area contributed by atoms with E-state index in [2.05, 4.69) is 5.32 Å². The topological polar surface area (TPSA) is 86.8 Å². The molecule has 0 spiro atoms. The van der Waals surface area contributed by atoms with Gasteiger partial charge in [0.2, 0.25) is 11.8 Å². The molecule has 0 bridgehead atoms. The minimum absolute atomic E-state index is 0.00703. The summed E-state index contributed by atoms with van der Waals surface area (Å²) in [6.45, 7) is 5.06. The van der Waals surface area contributed by atoms with E-state index in [-0.39, 0.29) is 17.3 Å². The first-order valence-electron chi connectivity index (χ1n) is 12.1. The molecule has 0 unspecified atom stereocenters. The number of carbonyl (C=O) groups excluding carboxylic acids is 2. The first-order valence-corrected chi connectivity index (χ1v) is 14.3. The van der Waals surface area contributed by atoms with Crippen molar-refractivity contribution in [3.8, 4) is 0 Å². The highest BCUT2D eigenvalue weighted by molar-refractivity contribution is 7.92. The number of hydrogen-bond acceptors (Lipinski definition) is 4. The highest BCUT2D eigenvalue weighted by Crippen LogP contribution is 2.28. The first kappa shape index (κ1) is 29.5. The van der Waals surface area contributed by atoms with Crippen molar-refractivity contribution in [3.63, 3.8) is 0 Å². The Labute approximate surface area is 234 Å². The fraction of sp³-hybridized carbons (Fsp3) is 0.286. The van der Waals surface area contributed by atoms with Crippen LogP contribution in [0.1, 0.15) is 30.0 Å². The smallest absolute Gasteiger partial charge is 0.264 e. The Morgan fingerprint density at radius 2 is 1.63 bits per heavy atom. The molecule has 7 nitrogen and oxygen atoms in total. The van der Waals surface area contributed by atoms with E-state index in [1.807, 2.05) is 19.9 Å². The van der Waals surface area contributed by atoms with Crippen molar-refractivity contribution in [2.75, 3.05) is 17.9 Å². The third-order valence-electron chi connectivity index (χ3n) is 6.38. The molecule has 202 valence electrons. The van der Waals surface area contributed by atoms with Gasteiger partial charge in [-0.15, -0.1) is 0 Å². The Morgan fingerprint density at radius 1 is 0.947 bits per heavy atom. The zero-order valence-electron chi connectivity index (χ0n) is 21.7. The molecule has 0 aliphatic heterocycles. The Bertz CT molecular complexity index is 1410. The molecular weight excluding hydrogens is 545 g/mol. The van der Waals surface area contributed by atoms with Crippen LogP contribution in [0.15, 0.2) is 71.6 Å². The summed E-state index contributed by atoms with van der Waals surface area (Å²) in [5, 5.41) is 3.37. The summed E-state index contributed by atoms with van der Waals surface area (Å²) in [5.41, 5.74) is 2.80. The largest absolute Gasteiger partial charge is 0.357 e. The molecular formula is C28H31Cl2N3O4S. The van der Waals surface area contributed by atoms with Crippen LogP contribution >= 0.6 is 23.2 Å². The van der Waals surface area contributed by atoms with Crippen LogP contribution in [0, 0.1) is 13.8 Å². The van der Waals surface area contributed by atoms with E-state index < -0.39 is 28.5 Å². The van der Waals surface area contributed by atoms with Crippen molar-refractivity contribution in [2.24, 2.45) is 0 Å². The lowest BCUT2D eigenvalue weighted by Gasteiger charge is -2.33. The number of benzene rings is 3. The number of amides is 2. The van der Waals surface area contributed by atoms with Gasteiger partial charge in [0, 0.05) is 23.6 Å². The van der Waals surface area contributed by atoms with E-state index in [9.17, 15) is 18.0 Å². The molecule has 1 atom stereocenters. The standard InChI is InChI=1S/C28H31Cl2N3O4S/c1-5-26(28(35)31-4)32(17-21-12-13-22(29)16-25(21)30)27(34)18-33(23-14-11-19(2)20(3)15-23)38(36,37)24-9-7-6-8-10-24/h6-16,26H,5,17-18H2,1-4H3,(H,31,35)/t26-/m1/s1. The third-order valence-corrected chi connectivity index (χ3v) is 8.75. The Balaban J connectivity index is 2.09. The van der Waals surface area contributed by atoms with Crippen LogP contribution in [0.25, 0.3) is 0 Å². The van der Waals surface area contributed by atoms with Crippen LogP contribution in [0.2, 0.25) is 10.0 Å². The summed E-state index contributed by atoms with van der Waals surface area (Å²) in [5.74, 6) is -0.918. The van der Waals surface area contributed by atoms with Crippen LogP contribution in [-0.2, 0) is 26.2 Å².